The first kappa shape index (κ1) is 12.4. The van der Waals surface area contributed by atoms with Gasteiger partial charge in [0.1, 0.15) is 5.82 Å². The van der Waals surface area contributed by atoms with Crippen molar-refractivity contribution in [3.05, 3.63) is 29.1 Å². The van der Waals surface area contributed by atoms with Gasteiger partial charge in [-0.15, -0.1) is 4.40 Å². The summed E-state index contributed by atoms with van der Waals surface area (Å²) in [6, 6.07) is 2.63. The highest BCUT2D eigenvalue weighted by atomic mass is 32.2. The molecule has 1 aromatic carbocycles. The van der Waals surface area contributed by atoms with Gasteiger partial charge in [-0.2, -0.15) is 8.42 Å². The van der Waals surface area contributed by atoms with E-state index < -0.39 is 21.8 Å². The van der Waals surface area contributed by atoms with Gasteiger partial charge in [-0.1, -0.05) is 6.07 Å². The number of hydrogen-bond acceptors (Lipinski definition) is 2. The van der Waals surface area contributed by atoms with Crippen molar-refractivity contribution in [2.75, 3.05) is 0 Å². The maximum Gasteiger partial charge on any atom is 0.285 e. The summed E-state index contributed by atoms with van der Waals surface area (Å²) in [7, 11) is -4.03. The van der Waals surface area contributed by atoms with Crippen molar-refractivity contribution in [1.82, 2.24) is 0 Å². The molecule has 0 aliphatic heterocycles. The Morgan fingerprint density at radius 2 is 1.88 bits per heavy atom. The van der Waals surface area contributed by atoms with Gasteiger partial charge in [-0.05, 0) is 25.5 Å². The molecule has 0 atom stereocenters. The van der Waals surface area contributed by atoms with Crippen molar-refractivity contribution in [1.29, 1.82) is 0 Å². The third-order valence-corrected chi connectivity index (χ3v) is 3.48. The number of nitrogens with zero attached hydrogens (tertiary/aromatic N) is 1. The average Bonchev–Trinajstić information content (AvgIpc) is 2.11. The standard InChI is InChI=1S/C9H12FN3O2S/c1-5-3-4-7(6(2)8(5)10)16(14,15)13-9(11)12/h3-4H,1-2H3,(H4,11,12,13). The molecule has 88 valence electrons. The number of guanidine groups is 1. The molecule has 0 aromatic heterocycles. The van der Waals surface area contributed by atoms with Gasteiger partial charge in [0.2, 0.25) is 5.96 Å². The lowest BCUT2D eigenvalue weighted by Gasteiger charge is -2.06. The van der Waals surface area contributed by atoms with Crippen LogP contribution in [0.1, 0.15) is 11.1 Å². The molecule has 0 bridgehead atoms. The highest BCUT2D eigenvalue weighted by Gasteiger charge is 2.19. The number of halogens is 1. The number of nitrogens with two attached hydrogens (primary N) is 2. The molecule has 0 radical (unpaired) electrons. The van der Waals surface area contributed by atoms with Crippen LogP contribution in [0.25, 0.3) is 0 Å². The van der Waals surface area contributed by atoms with Gasteiger partial charge in [0.25, 0.3) is 10.0 Å². The lowest BCUT2D eigenvalue weighted by molar-refractivity contribution is 0.585. The molecule has 16 heavy (non-hydrogen) atoms. The summed E-state index contributed by atoms with van der Waals surface area (Å²) >= 11 is 0. The fourth-order valence-corrected chi connectivity index (χ4v) is 2.36. The average molecular weight is 245 g/mol. The monoisotopic (exact) mass is 245 g/mol. The molecule has 0 aliphatic carbocycles. The first-order chi connectivity index (χ1) is 7.25. The van der Waals surface area contributed by atoms with Crippen LogP contribution in [0, 0.1) is 19.7 Å². The highest BCUT2D eigenvalue weighted by molar-refractivity contribution is 7.90. The molecule has 0 aliphatic rings. The SMILES string of the molecule is Cc1ccc(S(=O)(=O)N=C(N)N)c(C)c1F. The molecule has 7 heteroatoms. The molecule has 0 unspecified atom stereocenters. The number of sulfonamides is 1. The van der Waals surface area contributed by atoms with Crippen LogP contribution in [0.15, 0.2) is 21.4 Å². The third kappa shape index (κ3) is 2.30. The molecule has 4 N–H and O–H groups in total. The van der Waals surface area contributed by atoms with Gasteiger partial charge >= 0.3 is 0 Å². The topological polar surface area (TPSA) is 98.5 Å². The Kier molecular flexibility index (Phi) is 3.18. The van der Waals surface area contributed by atoms with Crippen molar-refractivity contribution in [3.63, 3.8) is 0 Å². The van der Waals surface area contributed by atoms with Gasteiger partial charge in [0, 0.05) is 5.56 Å². The van der Waals surface area contributed by atoms with Crippen LogP contribution in [0.4, 0.5) is 4.39 Å². The van der Waals surface area contributed by atoms with Crippen LogP contribution in [-0.2, 0) is 10.0 Å². The minimum atomic E-state index is -4.03. The second-order valence-electron chi connectivity index (χ2n) is 3.31. The lowest BCUT2D eigenvalue weighted by Crippen LogP contribution is -2.24. The van der Waals surface area contributed by atoms with Crippen LogP contribution < -0.4 is 11.5 Å². The summed E-state index contributed by atoms with van der Waals surface area (Å²) in [5, 5.41) is 0. The second kappa shape index (κ2) is 4.09. The van der Waals surface area contributed by atoms with E-state index in [-0.39, 0.29) is 10.5 Å². The van der Waals surface area contributed by atoms with E-state index in [2.05, 4.69) is 4.40 Å². The summed E-state index contributed by atoms with van der Waals surface area (Å²) in [6.45, 7) is 2.90. The Labute approximate surface area is 93.0 Å². The first-order valence-electron chi connectivity index (χ1n) is 4.37. The predicted octanol–water partition coefficient (Wildman–Crippen LogP) is 0.405. The van der Waals surface area contributed by atoms with E-state index in [0.29, 0.717) is 5.56 Å². The summed E-state index contributed by atoms with van der Waals surface area (Å²) in [5.74, 6) is -1.16. The maximum absolute atomic E-state index is 13.5. The predicted molar refractivity (Wildman–Crippen MR) is 58.9 cm³/mol. The zero-order valence-corrected chi connectivity index (χ0v) is 9.68. The van der Waals surface area contributed by atoms with Crippen molar-refractivity contribution in [2.45, 2.75) is 18.7 Å². The van der Waals surface area contributed by atoms with Gasteiger partial charge in [0.15, 0.2) is 0 Å². The van der Waals surface area contributed by atoms with Crippen LogP contribution in [0.5, 0.6) is 0 Å². The van der Waals surface area contributed by atoms with Crippen molar-refractivity contribution < 1.29 is 12.8 Å². The Morgan fingerprint density at radius 1 is 1.31 bits per heavy atom. The minimum absolute atomic E-state index is 0.00463. The first-order valence-corrected chi connectivity index (χ1v) is 5.81. The third-order valence-electron chi connectivity index (χ3n) is 2.03. The fourth-order valence-electron chi connectivity index (χ4n) is 1.27. The van der Waals surface area contributed by atoms with Gasteiger partial charge in [0.05, 0.1) is 4.90 Å². The zero-order valence-electron chi connectivity index (χ0n) is 8.86. The van der Waals surface area contributed by atoms with E-state index in [0.717, 1.165) is 0 Å². The smallest absolute Gasteiger partial charge is 0.285 e. The van der Waals surface area contributed by atoms with E-state index in [1.165, 1.54) is 19.1 Å². The van der Waals surface area contributed by atoms with Crippen LogP contribution in [-0.4, -0.2) is 14.4 Å². The summed E-state index contributed by atoms with van der Waals surface area (Å²) in [6.07, 6.45) is 0. The highest BCUT2D eigenvalue weighted by Crippen LogP contribution is 2.22. The van der Waals surface area contributed by atoms with Crippen molar-refractivity contribution in [3.8, 4) is 0 Å². The van der Waals surface area contributed by atoms with E-state index in [1.807, 2.05) is 0 Å². The second-order valence-corrected chi connectivity index (χ2v) is 4.88. The van der Waals surface area contributed by atoms with Gasteiger partial charge in [-0.3, -0.25) is 0 Å². The fraction of sp³-hybridized carbons (Fsp3) is 0.222. The number of rotatable bonds is 2. The molecule has 0 saturated heterocycles. The summed E-state index contributed by atoms with van der Waals surface area (Å²) in [4.78, 5) is -0.232. The van der Waals surface area contributed by atoms with Gasteiger partial charge in [-0.25, -0.2) is 4.39 Å². The number of aryl methyl sites for hydroxylation is 1. The largest absolute Gasteiger partial charge is 0.369 e. The molecule has 0 amide bonds. The van der Waals surface area contributed by atoms with Crippen molar-refractivity contribution >= 4 is 16.0 Å². The number of hydrogen-bond donors (Lipinski definition) is 2. The quantitative estimate of drug-likeness (QED) is 0.582. The normalized spacial score (nSPS) is 11.2. The molecule has 1 rings (SSSR count). The number of benzene rings is 1. The molecule has 0 saturated carbocycles. The Balaban J connectivity index is 3.48. The van der Waals surface area contributed by atoms with Crippen LogP contribution >= 0.6 is 0 Å². The van der Waals surface area contributed by atoms with E-state index >= 15 is 0 Å². The zero-order chi connectivity index (χ0) is 12.5. The maximum atomic E-state index is 13.5. The molecule has 0 heterocycles. The van der Waals surface area contributed by atoms with Crippen molar-refractivity contribution in [2.24, 2.45) is 15.9 Å². The Bertz CT molecular complexity index is 548. The summed E-state index contributed by atoms with van der Waals surface area (Å²) in [5.41, 5.74) is 10.3. The molecule has 1 aromatic rings. The van der Waals surface area contributed by atoms with E-state index in [1.54, 1.807) is 6.92 Å². The lowest BCUT2D eigenvalue weighted by atomic mass is 10.1. The molecule has 5 nitrogen and oxygen atoms in total. The Hall–Kier alpha value is -1.63. The van der Waals surface area contributed by atoms with E-state index in [4.69, 9.17) is 11.5 Å². The molecular weight excluding hydrogens is 233 g/mol. The summed E-state index contributed by atoms with van der Waals surface area (Å²) < 4.78 is 39.8. The molecular formula is C9H12FN3O2S. The molecule has 0 spiro atoms. The van der Waals surface area contributed by atoms with E-state index in [9.17, 15) is 12.8 Å². The van der Waals surface area contributed by atoms with Crippen LogP contribution in [0.3, 0.4) is 0 Å². The van der Waals surface area contributed by atoms with Gasteiger partial charge < -0.3 is 11.5 Å². The molecule has 0 fully saturated rings. The van der Waals surface area contributed by atoms with Crippen LogP contribution in [0.2, 0.25) is 0 Å². The Morgan fingerprint density at radius 3 is 2.38 bits per heavy atom. The minimum Gasteiger partial charge on any atom is -0.369 e.